The van der Waals surface area contributed by atoms with E-state index in [-0.39, 0.29) is 5.75 Å². The van der Waals surface area contributed by atoms with Crippen molar-refractivity contribution in [3.05, 3.63) is 17.0 Å². The number of carboxylic acid groups (broad SMARTS) is 1. The Balaban J connectivity index is 2.27. The SMILES string of the molecule is Cc1ccsc1-c1nnc(SCC(=O)O)n1C. The normalized spacial score (nSPS) is 10.7. The van der Waals surface area contributed by atoms with Gasteiger partial charge >= 0.3 is 5.97 Å². The van der Waals surface area contributed by atoms with Crippen LogP contribution in [0.3, 0.4) is 0 Å². The summed E-state index contributed by atoms with van der Waals surface area (Å²) in [6.07, 6.45) is 0. The molecule has 2 rings (SSSR count). The monoisotopic (exact) mass is 269 g/mol. The molecule has 0 aliphatic rings. The van der Waals surface area contributed by atoms with E-state index in [9.17, 15) is 4.79 Å². The molecule has 0 aliphatic heterocycles. The summed E-state index contributed by atoms with van der Waals surface area (Å²) in [7, 11) is 1.85. The minimum Gasteiger partial charge on any atom is -0.481 e. The Morgan fingerprint density at radius 3 is 2.94 bits per heavy atom. The summed E-state index contributed by atoms with van der Waals surface area (Å²) in [5, 5.41) is 19.4. The van der Waals surface area contributed by atoms with Gasteiger partial charge in [-0.05, 0) is 23.9 Å². The van der Waals surface area contributed by atoms with Crippen LogP contribution in [0.4, 0.5) is 0 Å². The smallest absolute Gasteiger partial charge is 0.313 e. The largest absolute Gasteiger partial charge is 0.481 e. The highest BCUT2D eigenvalue weighted by molar-refractivity contribution is 7.99. The number of aryl methyl sites for hydroxylation is 1. The first kappa shape index (κ1) is 12.1. The zero-order valence-corrected chi connectivity index (χ0v) is 11.0. The lowest BCUT2D eigenvalue weighted by atomic mass is 10.3. The molecular weight excluding hydrogens is 258 g/mol. The second kappa shape index (κ2) is 4.89. The molecule has 0 unspecified atom stereocenters. The predicted octanol–water partition coefficient (Wildman–Crippen LogP) is 2.03. The fourth-order valence-corrected chi connectivity index (χ4v) is 2.94. The molecule has 0 saturated heterocycles. The molecule has 2 aromatic rings. The molecule has 2 heterocycles. The highest BCUT2D eigenvalue weighted by Gasteiger charge is 2.14. The Hall–Kier alpha value is -1.34. The number of carbonyl (C=O) groups is 1. The number of aliphatic carboxylic acids is 1. The molecule has 0 atom stereocenters. The number of thiophene rings is 1. The number of hydrogen-bond donors (Lipinski definition) is 1. The molecule has 0 bridgehead atoms. The van der Waals surface area contributed by atoms with E-state index in [4.69, 9.17) is 5.11 Å². The van der Waals surface area contributed by atoms with Crippen molar-refractivity contribution < 1.29 is 9.90 Å². The first-order valence-corrected chi connectivity index (χ1v) is 6.74. The molecule has 0 amide bonds. The molecule has 0 aliphatic carbocycles. The Bertz CT molecular complexity index is 547. The average molecular weight is 269 g/mol. The van der Waals surface area contributed by atoms with E-state index in [0.29, 0.717) is 5.16 Å². The molecule has 17 heavy (non-hydrogen) atoms. The van der Waals surface area contributed by atoms with Gasteiger partial charge in [0.25, 0.3) is 0 Å². The molecule has 90 valence electrons. The van der Waals surface area contributed by atoms with Gasteiger partial charge in [0.2, 0.25) is 0 Å². The molecule has 1 N–H and O–H groups in total. The average Bonchev–Trinajstić information content (AvgIpc) is 2.82. The van der Waals surface area contributed by atoms with E-state index in [2.05, 4.69) is 10.2 Å². The number of rotatable bonds is 4. The molecule has 2 aromatic heterocycles. The van der Waals surface area contributed by atoms with Gasteiger partial charge in [-0.15, -0.1) is 21.5 Å². The second-order valence-corrected chi connectivity index (χ2v) is 5.34. The third-order valence-corrected chi connectivity index (χ3v) is 4.24. The topological polar surface area (TPSA) is 68.0 Å². The number of carboxylic acids is 1. The van der Waals surface area contributed by atoms with Crippen molar-refractivity contribution >= 4 is 29.1 Å². The van der Waals surface area contributed by atoms with Crippen molar-refractivity contribution in [2.45, 2.75) is 12.1 Å². The zero-order chi connectivity index (χ0) is 12.4. The van der Waals surface area contributed by atoms with Crippen LogP contribution in [0.2, 0.25) is 0 Å². The van der Waals surface area contributed by atoms with Crippen LogP contribution in [-0.4, -0.2) is 31.6 Å². The minimum atomic E-state index is -0.855. The van der Waals surface area contributed by atoms with Crippen molar-refractivity contribution in [3.8, 4) is 10.7 Å². The maximum atomic E-state index is 10.5. The Morgan fingerprint density at radius 1 is 1.59 bits per heavy atom. The first-order chi connectivity index (χ1) is 8.09. The molecule has 0 radical (unpaired) electrons. The van der Waals surface area contributed by atoms with Crippen molar-refractivity contribution in [3.63, 3.8) is 0 Å². The fourth-order valence-electron chi connectivity index (χ4n) is 1.37. The van der Waals surface area contributed by atoms with Crippen LogP contribution >= 0.6 is 23.1 Å². The second-order valence-electron chi connectivity index (χ2n) is 3.48. The van der Waals surface area contributed by atoms with Gasteiger partial charge < -0.3 is 9.67 Å². The molecule has 0 spiro atoms. The lowest BCUT2D eigenvalue weighted by Gasteiger charge is -2.01. The summed E-state index contributed by atoms with van der Waals surface area (Å²) in [5.41, 5.74) is 1.15. The predicted molar refractivity (Wildman–Crippen MR) is 67.4 cm³/mol. The summed E-state index contributed by atoms with van der Waals surface area (Å²) in [6, 6.07) is 2.03. The van der Waals surface area contributed by atoms with E-state index in [1.54, 1.807) is 11.3 Å². The zero-order valence-electron chi connectivity index (χ0n) is 9.38. The number of nitrogens with zero attached hydrogens (tertiary/aromatic N) is 3. The van der Waals surface area contributed by atoms with E-state index in [1.807, 2.05) is 30.0 Å². The summed E-state index contributed by atoms with van der Waals surface area (Å²) in [4.78, 5) is 11.6. The van der Waals surface area contributed by atoms with Gasteiger partial charge in [0.15, 0.2) is 11.0 Å². The molecular formula is C10H11N3O2S2. The molecule has 0 saturated carbocycles. The van der Waals surface area contributed by atoms with Crippen LogP contribution in [0, 0.1) is 6.92 Å². The Kier molecular flexibility index (Phi) is 3.49. The highest BCUT2D eigenvalue weighted by Crippen LogP contribution is 2.29. The summed E-state index contributed by atoms with van der Waals surface area (Å²) < 4.78 is 1.83. The number of thioether (sulfide) groups is 1. The molecule has 7 heteroatoms. The van der Waals surface area contributed by atoms with E-state index in [0.717, 1.165) is 16.3 Å². The van der Waals surface area contributed by atoms with Crippen molar-refractivity contribution in [2.24, 2.45) is 7.05 Å². The number of hydrogen-bond acceptors (Lipinski definition) is 5. The molecule has 0 fully saturated rings. The van der Waals surface area contributed by atoms with E-state index < -0.39 is 5.97 Å². The summed E-state index contributed by atoms with van der Waals surface area (Å²) in [6.45, 7) is 2.02. The number of aromatic nitrogens is 3. The molecule has 5 nitrogen and oxygen atoms in total. The summed E-state index contributed by atoms with van der Waals surface area (Å²) in [5.74, 6) is -0.0766. The van der Waals surface area contributed by atoms with Crippen molar-refractivity contribution in [1.82, 2.24) is 14.8 Å². The minimum absolute atomic E-state index is 0.00457. The van der Waals surface area contributed by atoms with E-state index in [1.165, 1.54) is 11.8 Å². The van der Waals surface area contributed by atoms with Gasteiger partial charge in [-0.2, -0.15) is 0 Å². The van der Waals surface area contributed by atoms with Crippen LogP contribution in [0.1, 0.15) is 5.56 Å². The van der Waals surface area contributed by atoms with Crippen molar-refractivity contribution in [1.29, 1.82) is 0 Å². The lowest BCUT2D eigenvalue weighted by molar-refractivity contribution is -0.133. The quantitative estimate of drug-likeness (QED) is 0.860. The third kappa shape index (κ3) is 2.50. The third-order valence-electron chi connectivity index (χ3n) is 2.22. The van der Waals surface area contributed by atoms with E-state index >= 15 is 0 Å². The van der Waals surface area contributed by atoms with Gasteiger partial charge in [0, 0.05) is 7.05 Å². The van der Waals surface area contributed by atoms with Gasteiger partial charge in [-0.1, -0.05) is 11.8 Å². The standard InChI is InChI=1S/C10H11N3O2S2/c1-6-3-4-16-8(6)9-11-12-10(13(9)2)17-5-7(14)15/h3-4H,5H2,1-2H3,(H,14,15). The van der Waals surface area contributed by atoms with Crippen LogP contribution in [-0.2, 0) is 11.8 Å². The first-order valence-electron chi connectivity index (χ1n) is 4.88. The van der Waals surface area contributed by atoms with Crippen LogP contribution < -0.4 is 0 Å². The van der Waals surface area contributed by atoms with Gasteiger partial charge in [-0.25, -0.2) is 0 Å². The van der Waals surface area contributed by atoms with Gasteiger partial charge in [0.05, 0.1) is 10.6 Å². The fraction of sp³-hybridized carbons (Fsp3) is 0.300. The lowest BCUT2D eigenvalue weighted by Crippen LogP contribution is -2.00. The van der Waals surface area contributed by atoms with Crippen LogP contribution in [0.15, 0.2) is 16.6 Å². The van der Waals surface area contributed by atoms with Gasteiger partial charge in [-0.3, -0.25) is 4.79 Å². The van der Waals surface area contributed by atoms with Gasteiger partial charge in [0.1, 0.15) is 0 Å². The van der Waals surface area contributed by atoms with Crippen LogP contribution in [0.5, 0.6) is 0 Å². The summed E-state index contributed by atoms with van der Waals surface area (Å²) >= 11 is 2.78. The molecule has 0 aromatic carbocycles. The maximum Gasteiger partial charge on any atom is 0.313 e. The Labute approximate surface area is 106 Å². The maximum absolute atomic E-state index is 10.5. The van der Waals surface area contributed by atoms with Crippen molar-refractivity contribution in [2.75, 3.05) is 5.75 Å². The Morgan fingerprint density at radius 2 is 2.35 bits per heavy atom. The highest BCUT2D eigenvalue weighted by atomic mass is 32.2. The van der Waals surface area contributed by atoms with Crippen LogP contribution in [0.25, 0.3) is 10.7 Å².